The first-order valence-electron chi connectivity index (χ1n) is 6.19. The summed E-state index contributed by atoms with van der Waals surface area (Å²) in [6, 6.07) is 12.3. The first-order chi connectivity index (χ1) is 8.66. The second-order valence-electron chi connectivity index (χ2n) is 4.72. The first kappa shape index (κ1) is 12.9. The van der Waals surface area contributed by atoms with Crippen molar-refractivity contribution in [2.75, 3.05) is 13.6 Å². The minimum absolute atomic E-state index is 0.0448. The molecule has 0 spiro atoms. The number of furan rings is 1. The molecule has 1 heterocycles. The number of hydrogen-bond acceptors (Lipinski definition) is 3. The van der Waals surface area contributed by atoms with Crippen LogP contribution >= 0.6 is 0 Å². The SMILES string of the molecule is Cc1occc1CN(C)CC(N)c1ccccc1. The number of nitrogens with two attached hydrogens (primary N) is 1. The second kappa shape index (κ2) is 5.85. The maximum absolute atomic E-state index is 6.20. The van der Waals surface area contributed by atoms with Crippen molar-refractivity contribution in [2.45, 2.75) is 19.5 Å². The highest BCUT2D eigenvalue weighted by Gasteiger charge is 2.11. The standard InChI is InChI=1S/C15H20N2O/c1-12-14(8-9-18-12)10-17(2)11-15(16)13-6-4-3-5-7-13/h3-9,15H,10-11,16H2,1-2H3. The van der Waals surface area contributed by atoms with Crippen LogP contribution in [0.25, 0.3) is 0 Å². The normalized spacial score (nSPS) is 12.9. The van der Waals surface area contributed by atoms with E-state index >= 15 is 0 Å². The Labute approximate surface area is 108 Å². The lowest BCUT2D eigenvalue weighted by molar-refractivity contribution is 0.303. The number of hydrogen-bond donors (Lipinski definition) is 1. The zero-order chi connectivity index (χ0) is 13.0. The molecule has 0 saturated carbocycles. The zero-order valence-electron chi connectivity index (χ0n) is 11.0. The Hall–Kier alpha value is -1.58. The van der Waals surface area contributed by atoms with Crippen molar-refractivity contribution in [3.63, 3.8) is 0 Å². The summed E-state index contributed by atoms with van der Waals surface area (Å²) in [5.74, 6) is 0.982. The molecule has 1 unspecified atom stereocenters. The van der Waals surface area contributed by atoms with Crippen LogP contribution in [0.15, 0.2) is 47.1 Å². The zero-order valence-corrected chi connectivity index (χ0v) is 11.0. The molecule has 1 aromatic carbocycles. The molecule has 0 bridgehead atoms. The van der Waals surface area contributed by atoms with Crippen molar-refractivity contribution >= 4 is 0 Å². The summed E-state index contributed by atoms with van der Waals surface area (Å²) < 4.78 is 5.30. The van der Waals surface area contributed by atoms with Gasteiger partial charge in [-0.05, 0) is 25.6 Å². The second-order valence-corrected chi connectivity index (χ2v) is 4.72. The van der Waals surface area contributed by atoms with E-state index in [-0.39, 0.29) is 6.04 Å². The van der Waals surface area contributed by atoms with Gasteiger partial charge in [-0.2, -0.15) is 0 Å². The van der Waals surface area contributed by atoms with E-state index in [1.807, 2.05) is 31.2 Å². The summed E-state index contributed by atoms with van der Waals surface area (Å²) in [4.78, 5) is 2.22. The molecule has 1 aromatic heterocycles. The molecule has 2 rings (SSSR count). The summed E-state index contributed by atoms with van der Waals surface area (Å²) in [6.45, 7) is 3.68. The van der Waals surface area contributed by atoms with Crippen LogP contribution in [0.1, 0.15) is 22.9 Å². The molecule has 0 aliphatic carbocycles. The van der Waals surface area contributed by atoms with Gasteiger partial charge in [0.15, 0.2) is 0 Å². The summed E-state index contributed by atoms with van der Waals surface area (Å²) in [5, 5.41) is 0. The van der Waals surface area contributed by atoms with Crippen LogP contribution < -0.4 is 5.73 Å². The van der Waals surface area contributed by atoms with Crippen LogP contribution in [0.4, 0.5) is 0 Å². The van der Waals surface area contributed by atoms with Crippen LogP contribution in [0.2, 0.25) is 0 Å². The number of aryl methyl sites for hydroxylation is 1. The third-order valence-electron chi connectivity index (χ3n) is 3.14. The van der Waals surface area contributed by atoms with Gasteiger partial charge in [0.2, 0.25) is 0 Å². The molecule has 18 heavy (non-hydrogen) atoms. The van der Waals surface area contributed by atoms with Crippen molar-refractivity contribution < 1.29 is 4.42 Å². The first-order valence-corrected chi connectivity index (χ1v) is 6.19. The fourth-order valence-electron chi connectivity index (χ4n) is 2.07. The minimum atomic E-state index is 0.0448. The molecular weight excluding hydrogens is 224 g/mol. The summed E-state index contributed by atoms with van der Waals surface area (Å²) in [7, 11) is 2.08. The highest BCUT2D eigenvalue weighted by molar-refractivity contribution is 5.19. The Kier molecular flexibility index (Phi) is 4.18. The van der Waals surface area contributed by atoms with Gasteiger partial charge >= 0.3 is 0 Å². The van der Waals surface area contributed by atoms with Crippen LogP contribution in [0.5, 0.6) is 0 Å². The lowest BCUT2D eigenvalue weighted by Crippen LogP contribution is -2.28. The van der Waals surface area contributed by atoms with Crippen LogP contribution in [-0.4, -0.2) is 18.5 Å². The lowest BCUT2D eigenvalue weighted by atomic mass is 10.1. The van der Waals surface area contributed by atoms with Gasteiger partial charge in [0.05, 0.1) is 6.26 Å². The van der Waals surface area contributed by atoms with E-state index in [4.69, 9.17) is 10.2 Å². The highest BCUT2D eigenvalue weighted by atomic mass is 16.3. The molecule has 0 aliphatic rings. The topological polar surface area (TPSA) is 42.4 Å². The molecule has 3 heteroatoms. The van der Waals surface area contributed by atoms with E-state index in [9.17, 15) is 0 Å². The van der Waals surface area contributed by atoms with Gasteiger partial charge in [0, 0.05) is 24.7 Å². The summed E-state index contributed by atoms with van der Waals surface area (Å²) in [6.07, 6.45) is 1.73. The minimum Gasteiger partial charge on any atom is -0.469 e. The molecule has 0 radical (unpaired) electrons. The molecule has 2 aromatic rings. The lowest BCUT2D eigenvalue weighted by Gasteiger charge is -2.21. The van der Waals surface area contributed by atoms with Crippen molar-refractivity contribution in [2.24, 2.45) is 5.73 Å². The van der Waals surface area contributed by atoms with E-state index in [0.717, 1.165) is 18.8 Å². The average molecular weight is 244 g/mol. The Morgan fingerprint density at radius 3 is 2.56 bits per heavy atom. The monoisotopic (exact) mass is 244 g/mol. The molecule has 96 valence electrons. The van der Waals surface area contributed by atoms with Gasteiger partial charge < -0.3 is 15.1 Å². The van der Waals surface area contributed by atoms with Crippen molar-refractivity contribution in [1.82, 2.24) is 4.90 Å². The van der Waals surface area contributed by atoms with Crippen LogP contribution in [-0.2, 0) is 6.54 Å². The predicted molar refractivity (Wildman–Crippen MR) is 73.1 cm³/mol. The van der Waals surface area contributed by atoms with Crippen molar-refractivity contribution in [3.8, 4) is 0 Å². The average Bonchev–Trinajstić information content (AvgIpc) is 2.76. The van der Waals surface area contributed by atoms with Gasteiger partial charge in [-0.3, -0.25) is 0 Å². The van der Waals surface area contributed by atoms with E-state index < -0.39 is 0 Å². The quantitative estimate of drug-likeness (QED) is 0.879. The van der Waals surface area contributed by atoms with Gasteiger partial charge in [-0.25, -0.2) is 0 Å². The molecular formula is C15H20N2O. The van der Waals surface area contributed by atoms with Crippen LogP contribution in [0.3, 0.4) is 0 Å². The fourth-order valence-corrected chi connectivity index (χ4v) is 2.07. The third-order valence-corrected chi connectivity index (χ3v) is 3.14. The van der Waals surface area contributed by atoms with E-state index in [1.54, 1.807) is 6.26 Å². The smallest absolute Gasteiger partial charge is 0.105 e. The molecule has 1 atom stereocenters. The van der Waals surface area contributed by atoms with Crippen molar-refractivity contribution in [3.05, 3.63) is 59.5 Å². The summed E-state index contributed by atoms with van der Waals surface area (Å²) in [5.41, 5.74) is 8.59. The number of nitrogens with zero attached hydrogens (tertiary/aromatic N) is 1. The number of rotatable bonds is 5. The molecule has 3 nitrogen and oxygen atoms in total. The molecule has 0 amide bonds. The number of likely N-dealkylation sites (N-methyl/N-ethyl adjacent to an activating group) is 1. The highest BCUT2D eigenvalue weighted by Crippen LogP contribution is 2.14. The van der Waals surface area contributed by atoms with E-state index in [1.165, 1.54) is 11.1 Å². The van der Waals surface area contributed by atoms with Gasteiger partial charge in [0.1, 0.15) is 5.76 Å². The Balaban J connectivity index is 1.92. The van der Waals surface area contributed by atoms with Crippen LogP contribution in [0, 0.1) is 6.92 Å². The Morgan fingerprint density at radius 1 is 1.22 bits per heavy atom. The van der Waals surface area contributed by atoms with E-state index in [2.05, 4.69) is 24.1 Å². The predicted octanol–water partition coefficient (Wildman–Crippen LogP) is 2.72. The Morgan fingerprint density at radius 2 is 1.94 bits per heavy atom. The molecule has 0 saturated heterocycles. The molecule has 0 fully saturated rings. The van der Waals surface area contributed by atoms with Gasteiger partial charge in [0.25, 0.3) is 0 Å². The maximum Gasteiger partial charge on any atom is 0.105 e. The van der Waals surface area contributed by atoms with Gasteiger partial charge in [-0.1, -0.05) is 30.3 Å². The summed E-state index contributed by atoms with van der Waals surface area (Å²) >= 11 is 0. The molecule has 2 N–H and O–H groups in total. The molecule has 0 aliphatic heterocycles. The number of benzene rings is 1. The fraction of sp³-hybridized carbons (Fsp3) is 0.333. The van der Waals surface area contributed by atoms with Crippen molar-refractivity contribution in [1.29, 1.82) is 0 Å². The third kappa shape index (κ3) is 3.22. The largest absolute Gasteiger partial charge is 0.469 e. The Bertz CT molecular complexity index is 478. The maximum atomic E-state index is 6.20. The van der Waals surface area contributed by atoms with E-state index in [0.29, 0.717) is 0 Å². The van der Waals surface area contributed by atoms with Gasteiger partial charge in [-0.15, -0.1) is 0 Å².